The molecule has 0 bridgehead atoms. The average Bonchev–Trinajstić information content (AvgIpc) is 2.70. The molecule has 0 aliphatic heterocycles. The van der Waals surface area contributed by atoms with E-state index in [0.29, 0.717) is 17.7 Å². The lowest BCUT2D eigenvalue weighted by Crippen LogP contribution is -1.94. The molecule has 2 rings (SSSR count). The van der Waals surface area contributed by atoms with E-state index in [2.05, 4.69) is 10.1 Å². The van der Waals surface area contributed by atoms with Crippen LogP contribution in [0, 0.1) is 5.82 Å². The van der Waals surface area contributed by atoms with E-state index in [0.717, 1.165) is 0 Å². The number of aromatic nitrogens is 2. The Morgan fingerprint density at radius 2 is 2.19 bits per heavy atom. The van der Waals surface area contributed by atoms with E-state index in [1.165, 1.54) is 6.07 Å². The van der Waals surface area contributed by atoms with Crippen LogP contribution >= 0.6 is 0 Å². The third-order valence-corrected chi connectivity index (χ3v) is 2.07. The van der Waals surface area contributed by atoms with Crippen LogP contribution in [0.25, 0.3) is 0 Å². The van der Waals surface area contributed by atoms with Crippen molar-refractivity contribution in [3.8, 4) is 0 Å². The van der Waals surface area contributed by atoms with Crippen LogP contribution in [0.2, 0.25) is 0 Å². The first kappa shape index (κ1) is 10.5. The Hall–Kier alpha value is -2.04. The number of benzene rings is 1. The van der Waals surface area contributed by atoms with Crippen molar-refractivity contribution in [2.45, 2.75) is 12.8 Å². The topological polar surface area (TPSA) is 56.0 Å². The second-order valence-electron chi connectivity index (χ2n) is 3.24. The maximum Gasteiger partial charge on any atom is 0.233 e. The highest BCUT2D eigenvalue weighted by molar-refractivity contribution is 5.52. The van der Waals surface area contributed by atoms with E-state index in [1.807, 2.05) is 0 Å². The van der Waals surface area contributed by atoms with Gasteiger partial charge in [0.15, 0.2) is 5.82 Å². The molecule has 0 atom stereocenters. The van der Waals surface area contributed by atoms with Gasteiger partial charge in [-0.2, -0.15) is 4.98 Å². The lowest BCUT2D eigenvalue weighted by Gasteiger charge is -1.97. The Morgan fingerprint density at radius 1 is 1.38 bits per heavy atom. The molecule has 0 saturated carbocycles. The SMILES string of the molecule is O=CCc1nc(Cc2ccccc2F)no1. The maximum atomic E-state index is 13.3. The van der Waals surface area contributed by atoms with E-state index in [1.54, 1.807) is 18.2 Å². The minimum absolute atomic E-state index is 0.0876. The van der Waals surface area contributed by atoms with Gasteiger partial charge in [0.05, 0.1) is 6.42 Å². The van der Waals surface area contributed by atoms with Crippen LogP contribution in [0.3, 0.4) is 0 Å². The summed E-state index contributed by atoms with van der Waals surface area (Å²) in [7, 11) is 0. The Kier molecular flexibility index (Phi) is 3.05. The Morgan fingerprint density at radius 3 is 2.94 bits per heavy atom. The lowest BCUT2D eigenvalue weighted by atomic mass is 10.1. The molecule has 1 heterocycles. The molecular formula is C11H9FN2O2. The van der Waals surface area contributed by atoms with E-state index < -0.39 is 0 Å². The molecule has 2 aromatic rings. The third-order valence-electron chi connectivity index (χ3n) is 2.07. The van der Waals surface area contributed by atoms with Crippen molar-refractivity contribution in [2.75, 3.05) is 0 Å². The standard InChI is InChI=1S/C11H9FN2O2/c12-9-4-2-1-3-8(9)7-10-13-11(5-6-15)16-14-10/h1-4,6H,5,7H2. The first-order valence-electron chi connectivity index (χ1n) is 4.78. The first-order valence-corrected chi connectivity index (χ1v) is 4.78. The highest BCUT2D eigenvalue weighted by atomic mass is 19.1. The number of hydrogen-bond donors (Lipinski definition) is 0. The predicted molar refractivity (Wildman–Crippen MR) is 53.3 cm³/mol. The summed E-state index contributed by atoms with van der Waals surface area (Å²) in [5, 5.41) is 3.66. The predicted octanol–water partition coefficient (Wildman–Crippen LogP) is 1.54. The second-order valence-corrected chi connectivity index (χ2v) is 3.24. The molecule has 0 N–H and O–H groups in total. The molecule has 1 aromatic heterocycles. The van der Waals surface area contributed by atoms with Crippen molar-refractivity contribution in [1.82, 2.24) is 10.1 Å². The van der Waals surface area contributed by atoms with Gasteiger partial charge in [-0.3, -0.25) is 0 Å². The van der Waals surface area contributed by atoms with Crippen molar-refractivity contribution in [2.24, 2.45) is 0 Å². The molecular weight excluding hydrogens is 211 g/mol. The Bertz CT molecular complexity index is 496. The van der Waals surface area contributed by atoms with E-state index >= 15 is 0 Å². The van der Waals surface area contributed by atoms with Crippen LogP contribution in [0.4, 0.5) is 4.39 Å². The van der Waals surface area contributed by atoms with Crippen LogP contribution < -0.4 is 0 Å². The molecule has 0 unspecified atom stereocenters. The molecule has 0 aliphatic rings. The number of carbonyl (C=O) groups excluding carboxylic acids is 1. The normalized spacial score (nSPS) is 10.3. The van der Waals surface area contributed by atoms with Crippen LogP contribution in [0.5, 0.6) is 0 Å². The molecule has 0 radical (unpaired) electrons. The summed E-state index contributed by atoms with van der Waals surface area (Å²) in [6.07, 6.45) is 1.03. The molecule has 0 spiro atoms. The minimum atomic E-state index is -0.302. The van der Waals surface area contributed by atoms with Crippen molar-refractivity contribution >= 4 is 6.29 Å². The van der Waals surface area contributed by atoms with Gasteiger partial charge in [0.25, 0.3) is 0 Å². The fourth-order valence-corrected chi connectivity index (χ4v) is 1.33. The molecule has 1 aromatic carbocycles. The fourth-order valence-electron chi connectivity index (χ4n) is 1.33. The zero-order chi connectivity index (χ0) is 11.4. The number of carbonyl (C=O) groups is 1. The smallest absolute Gasteiger partial charge is 0.233 e. The maximum absolute atomic E-state index is 13.3. The minimum Gasteiger partial charge on any atom is -0.339 e. The summed E-state index contributed by atoms with van der Waals surface area (Å²) >= 11 is 0. The molecule has 82 valence electrons. The van der Waals surface area contributed by atoms with Gasteiger partial charge in [-0.05, 0) is 11.6 Å². The zero-order valence-corrected chi connectivity index (χ0v) is 8.39. The van der Waals surface area contributed by atoms with Crippen molar-refractivity contribution in [1.29, 1.82) is 0 Å². The van der Waals surface area contributed by atoms with Crippen molar-refractivity contribution in [3.63, 3.8) is 0 Å². The summed E-state index contributed by atoms with van der Waals surface area (Å²) in [5.74, 6) is 0.326. The largest absolute Gasteiger partial charge is 0.339 e. The van der Waals surface area contributed by atoms with Gasteiger partial charge in [-0.1, -0.05) is 23.4 Å². The molecule has 16 heavy (non-hydrogen) atoms. The average molecular weight is 220 g/mol. The molecule has 4 nitrogen and oxygen atoms in total. The Balaban J connectivity index is 2.14. The number of aldehydes is 1. The quantitative estimate of drug-likeness (QED) is 0.733. The first-order chi connectivity index (χ1) is 7.79. The number of hydrogen-bond acceptors (Lipinski definition) is 4. The number of halogens is 1. The molecule has 0 saturated heterocycles. The van der Waals surface area contributed by atoms with E-state index in [-0.39, 0.29) is 24.5 Å². The van der Waals surface area contributed by atoms with Crippen LogP contribution in [-0.4, -0.2) is 16.4 Å². The second kappa shape index (κ2) is 4.65. The van der Waals surface area contributed by atoms with Gasteiger partial charge in [0.2, 0.25) is 5.89 Å². The molecule has 0 amide bonds. The van der Waals surface area contributed by atoms with Crippen LogP contribution in [0.15, 0.2) is 28.8 Å². The fraction of sp³-hybridized carbons (Fsp3) is 0.182. The molecule has 0 aliphatic carbocycles. The van der Waals surface area contributed by atoms with Gasteiger partial charge >= 0.3 is 0 Å². The molecule has 5 heteroatoms. The summed E-state index contributed by atoms with van der Waals surface area (Å²) in [6, 6.07) is 6.39. The summed E-state index contributed by atoms with van der Waals surface area (Å²) < 4.78 is 18.1. The third kappa shape index (κ3) is 2.31. The van der Waals surface area contributed by atoms with Crippen molar-refractivity contribution < 1.29 is 13.7 Å². The summed E-state index contributed by atoms with van der Waals surface area (Å²) in [5.41, 5.74) is 0.501. The van der Waals surface area contributed by atoms with E-state index in [9.17, 15) is 9.18 Å². The van der Waals surface area contributed by atoms with Gasteiger partial charge in [-0.15, -0.1) is 0 Å². The van der Waals surface area contributed by atoms with Crippen molar-refractivity contribution in [3.05, 3.63) is 47.4 Å². The number of nitrogens with zero attached hydrogens (tertiary/aromatic N) is 2. The highest BCUT2D eigenvalue weighted by Gasteiger charge is 2.08. The van der Waals surface area contributed by atoms with Crippen LogP contribution in [-0.2, 0) is 17.6 Å². The van der Waals surface area contributed by atoms with E-state index in [4.69, 9.17) is 4.52 Å². The highest BCUT2D eigenvalue weighted by Crippen LogP contribution is 2.10. The monoisotopic (exact) mass is 220 g/mol. The van der Waals surface area contributed by atoms with Gasteiger partial charge in [-0.25, -0.2) is 4.39 Å². The number of rotatable bonds is 4. The summed E-state index contributed by atoms with van der Waals surface area (Å²) in [6.45, 7) is 0. The van der Waals surface area contributed by atoms with Gasteiger partial charge in [0.1, 0.15) is 12.1 Å². The zero-order valence-electron chi connectivity index (χ0n) is 8.39. The van der Waals surface area contributed by atoms with Gasteiger partial charge in [0, 0.05) is 6.42 Å². The Labute approximate surface area is 91.1 Å². The van der Waals surface area contributed by atoms with Crippen LogP contribution in [0.1, 0.15) is 17.3 Å². The lowest BCUT2D eigenvalue weighted by molar-refractivity contribution is -0.107. The molecule has 0 fully saturated rings. The van der Waals surface area contributed by atoms with Gasteiger partial charge < -0.3 is 9.32 Å². The summed E-state index contributed by atoms with van der Waals surface area (Å²) in [4.78, 5) is 14.2.